The molecule has 0 radical (unpaired) electrons. The molecule has 0 aromatic heterocycles. The zero-order valence-electron chi connectivity index (χ0n) is 43.6. The maximum Gasteiger partial charge on any atom is 0.159 e. The average molecular weight is 911 g/mol. The lowest BCUT2D eigenvalue weighted by atomic mass is 10.0. The Morgan fingerprint density at radius 1 is 0.318 bits per heavy atom. The Morgan fingerprint density at radius 3 is 1.08 bits per heavy atom. The summed E-state index contributed by atoms with van der Waals surface area (Å²) in [4.78, 5) is 43.3. The number of hydrogen-bond donors (Lipinski definition) is 0. The molecule has 0 fully saturated rings. The molecule has 6 aromatic rings. The molecule has 0 saturated heterocycles. The second-order valence-electron chi connectivity index (χ2n) is 11.4. The van der Waals surface area contributed by atoms with E-state index >= 15 is 0 Å². The molecule has 0 spiro atoms. The molecule has 374 valence electrons. The first kappa shape index (κ1) is 80.8. The van der Waals surface area contributed by atoms with Crippen LogP contribution in [0.3, 0.4) is 0 Å². The van der Waals surface area contributed by atoms with Crippen LogP contribution in [0.4, 0.5) is 0 Å². The van der Waals surface area contributed by atoms with Crippen molar-refractivity contribution >= 4 is 44.7 Å². The van der Waals surface area contributed by atoms with Gasteiger partial charge in [0, 0.05) is 24.8 Å². The summed E-state index contributed by atoms with van der Waals surface area (Å²) in [7, 11) is 0. The van der Waals surface area contributed by atoms with Crippen LogP contribution in [-0.4, -0.2) is 23.1 Å². The first-order valence-corrected chi connectivity index (χ1v) is 23.6. The third-order valence-electron chi connectivity index (χ3n) is 7.06. The average Bonchev–Trinajstić information content (AvgIpc) is 3.35. The summed E-state index contributed by atoms with van der Waals surface area (Å²) < 4.78 is 0. The van der Waals surface area contributed by atoms with Gasteiger partial charge < -0.3 is 0 Å². The van der Waals surface area contributed by atoms with Gasteiger partial charge in [-0.3, -0.25) is 19.2 Å². The number of Topliss-reactive ketones (excluding diaryl/α,β-unsaturated/α-hetero) is 4. The number of rotatable bonds is 7. The van der Waals surface area contributed by atoms with E-state index in [0.717, 1.165) is 22.3 Å². The highest BCUT2D eigenvalue weighted by Gasteiger charge is 2.02. The first-order valence-electron chi connectivity index (χ1n) is 23.6. The van der Waals surface area contributed by atoms with Crippen LogP contribution < -0.4 is 0 Å². The molecule has 6 rings (SSSR count). The predicted octanol–water partition coefficient (Wildman–Crippen LogP) is 19.8. The van der Waals surface area contributed by atoms with E-state index in [-0.39, 0.29) is 45.4 Å². The molecular weight excluding hydrogens is 809 g/mol. The highest BCUT2D eigenvalue weighted by molar-refractivity contribution is 5.94. The molecular formula is C62H102O4. The Hall–Kier alpha value is -5.48. The summed E-state index contributed by atoms with van der Waals surface area (Å²) in [5.74, 6) is 0.753. The van der Waals surface area contributed by atoms with Gasteiger partial charge in [-0.1, -0.05) is 279 Å². The molecule has 6 aromatic carbocycles. The van der Waals surface area contributed by atoms with Crippen LogP contribution in [0.5, 0.6) is 0 Å². The van der Waals surface area contributed by atoms with Gasteiger partial charge in [0.1, 0.15) is 17.3 Å². The SMILES string of the molecule is C.C.C.CC.CC.CC.CC.CC.CC.CC.CC.CC(=O)Cc1ccc2ccccc2c1.CC(=O)Cc1cccc2ccccc12.CC(=O)Cc1ccccc1.CC(=O)c1ccccc1. The maximum atomic E-state index is 11.1. The molecule has 0 saturated carbocycles. The second kappa shape index (κ2) is 61.6. The standard InChI is InChI=1S/2C13H12O.C9H10O.C8H8O.8C2H6.3CH4/c1-10(14)9-12-7-4-6-11-5-2-3-8-13(11)12;1-10(14)8-11-6-7-12-4-2-3-5-13(12)9-11;1-8(10)7-9-5-3-2-4-6-9;1-7(9)8-5-3-2-4-6-8;8*1-2;;;/h2-8H,9H2,1H3;2-7,9H,8H2,1H3;2-6H,7H2,1H3;2-6H,1H3;8*1-2H3;3*1H4. The van der Waals surface area contributed by atoms with Gasteiger partial charge in [0.2, 0.25) is 0 Å². The minimum absolute atomic E-state index is 0. The van der Waals surface area contributed by atoms with Crippen LogP contribution in [0.15, 0.2) is 146 Å². The quantitative estimate of drug-likeness (QED) is 0.150. The van der Waals surface area contributed by atoms with Gasteiger partial charge in [-0.2, -0.15) is 0 Å². The predicted molar refractivity (Wildman–Crippen MR) is 305 cm³/mol. The number of hydrogen-bond acceptors (Lipinski definition) is 4. The Labute approximate surface area is 410 Å². The van der Waals surface area contributed by atoms with Crippen LogP contribution in [-0.2, 0) is 33.6 Å². The Kier molecular flexibility index (Phi) is 75.4. The minimum atomic E-state index is 0. The number of fused-ring (bicyclic) bond motifs is 2. The van der Waals surface area contributed by atoms with Gasteiger partial charge in [0.05, 0.1) is 0 Å². The lowest BCUT2D eigenvalue weighted by Crippen LogP contribution is -1.96. The van der Waals surface area contributed by atoms with Gasteiger partial charge in [-0.15, -0.1) is 0 Å². The van der Waals surface area contributed by atoms with Crippen molar-refractivity contribution in [2.45, 2.75) is 180 Å². The van der Waals surface area contributed by atoms with Gasteiger partial charge in [-0.05, 0) is 65.9 Å². The summed E-state index contributed by atoms with van der Waals surface area (Å²) in [6.07, 6.45) is 1.62. The van der Waals surface area contributed by atoms with E-state index in [2.05, 4.69) is 42.5 Å². The molecule has 0 heterocycles. The monoisotopic (exact) mass is 911 g/mol. The third-order valence-corrected chi connectivity index (χ3v) is 7.06. The van der Waals surface area contributed by atoms with Crippen molar-refractivity contribution in [1.29, 1.82) is 0 Å². The lowest BCUT2D eigenvalue weighted by molar-refractivity contribution is -0.117. The fourth-order valence-corrected chi connectivity index (χ4v) is 4.91. The second-order valence-corrected chi connectivity index (χ2v) is 11.4. The third kappa shape index (κ3) is 42.5. The zero-order valence-corrected chi connectivity index (χ0v) is 43.6. The number of carbonyl (C=O) groups is 4. The molecule has 0 unspecified atom stereocenters. The summed E-state index contributed by atoms with van der Waals surface area (Å²) in [5, 5.41) is 4.81. The molecule has 0 bridgehead atoms. The van der Waals surface area contributed by atoms with Gasteiger partial charge in [0.15, 0.2) is 5.78 Å². The van der Waals surface area contributed by atoms with Crippen LogP contribution in [0.25, 0.3) is 21.5 Å². The van der Waals surface area contributed by atoms with Gasteiger partial charge in [0.25, 0.3) is 0 Å². The summed E-state index contributed by atoms with van der Waals surface area (Å²) in [6, 6.07) is 47.6. The number of ketones is 4. The van der Waals surface area contributed by atoms with Crippen LogP contribution >= 0.6 is 0 Å². The maximum absolute atomic E-state index is 11.1. The van der Waals surface area contributed by atoms with E-state index in [1.165, 1.54) is 21.5 Å². The molecule has 0 N–H and O–H groups in total. The Balaban J connectivity index is -0.0000000846. The van der Waals surface area contributed by atoms with Crippen molar-refractivity contribution in [1.82, 2.24) is 0 Å². The summed E-state index contributed by atoms with van der Waals surface area (Å²) in [5.41, 5.74) is 4.08. The zero-order chi connectivity index (χ0) is 50.0. The van der Waals surface area contributed by atoms with Crippen LogP contribution in [0, 0.1) is 0 Å². The van der Waals surface area contributed by atoms with E-state index in [9.17, 15) is 19.2 Å². The van der Waals surface area contributed by atoms with E-state index in [1.54, 1.807) is 27.7 Å². The molecule has 4 heteroatoms. The first-order chi connectivity index (χ1) is 30.6. The molecule has 4 nitrogen and oxygen atoms in total. The van der Waals surface area contributed by atoms with Crippen molar-refractivity contribution in [2.75, 3.05) is 0 Å². The van der Waals surface area contributed by atoms with Crippen LogP contribution in [0.2, 0.25) is 0 Å². The highest BCUT2D eigenvalue weighted by atomic mass is 16.1. The summed E-state index contributed by atoms with van der Waals surface area (Å²) in [6.45, 7) is 38.4. The lowest BCUT2D eigenvalue weighted by Gasteiger charge is -2.03. The van der Waals surface area contributed by atoms with E-state index in [1.807, 2.05) is 214 Å². The topological polar surface area (TPSA) is 68.3 Å². The summed E-state index contributed by atoms with van der Waals surface area (Å²) >= 11 is 0. The number of benzene rings is 6. The van der Waals surface area contributed by atoms with Crippen molar-refractivity contribution in [3.8, 4) is 0 Å². The van der Waals surface area contributed by atoms with Gasteiger partial charge in [-0.25, -0.2) is 0 Å². The Morgan fingerprint density at radius 2 is 0.667 bits per heavy atom. The highest BCUT2D eigenvalue weighted by Crippen LogP contribution is 2.19. The van der Waals surface area contributed by atoms with Crippen LogP contribution in [0.1, 0.15) is 188 Å². The molecule has 66 heavy (non-hydrogen) atoms. The molecule has 0 aliphatic rings. The van der Waals surface area contributed by atoms with Crippen molar-refractivity contribution < 1.29 is 19.2 Å². The largest absolute Gasteiger partial charge is 0.300 e. The fraction of sp³-hybridized carbons (Fsp3) is 0.419. The van der Waals surface area contributed by atoms with Gasteiger partial charge >= 0.3 is 0 Å². The Bertz CT molecular complexity index is 1900. The normalized spacial score (nSPS) is 7.76. The van der Waals surface area contributed by atoms with E-state index < -0.39 is 0 Å². The molecule has 0 aliphatic heterocycles. The molecule has 0 amide bonds. The van der Waals surface area contributed by atoms with Crippen molar-refractivity contribution in [2.24, 2.45) is 0 Å². The fourth-order valence-electron chi connectivity index (χ4n) is 4.91. The molecule has 0 atom stereocenters. The number of carbonyl (C=O) groups excluding carboxylic acids is 4. The minimum Gasteiger partial charge on any atom is -0.300 e. The van der Waals surface area contributed by atoms with E-state index in [0.29, 0.717) is 19.3 Å². The van der Waals surface area contributed by atoms with E-state index in [4.69, 9.17) is 0 Å². The molecule has 0 aliphatic carbocycles. The smallest absolute Gasteiger partial charge is 0.159 e. The van der Waals surface area contributed by atoms with Crippen molar-refractivity contribution in [3.05, 3.63) is 168 Å². The van der Waals surface area contributed by atoms with Crippen molar-refractivity contribution in [3.63, 3.8) is 0 Å².